The Labute approximate surface area is 106 Å². The van der Waals surface area contributed by atoms with Gasteiger partial charge in [0.2, 0.25) is 0 Å². The number of nitrogens with zero attached hydrogens (tertiary/aromatic N) is 1. The molecular weight excluding hydrogens is 236 g/mol. The summed E-state index contributed by atoms with van der Waals surface area (Å²) in [5.41, 5.74) is 6.89. The maximum atomic E-state index is 5.92. The molecule has 1 heterocycles. The van der Waals surface area contributed by atoms with Crippen LogP contribution < -0.4 is 5.73 Å². The van der Waals surface area contributed by atoms with E-state index in [2.05, 4.69) is 17.1 Å². The normalized spacial score (nSPS) is 25.2. The summed E-state index contributed by atoms with van der Waals surface area (Å²) in [4.78, 5) is 4.39. The third-order valence-electron chi connectivity index (χ3n) is 3.49. The monoisotopic (exact) mass is 250 g/mol. The Morgan fingerprint density at radius 2 is 2.00 bits per heavy atom. The molecule has 2 aliphatic rings. The van der Waals surface area contributed by atoms with E-state index >= 15 is 0 Å². The molecule has 3 nitrogen and oxygen atoms in total. The van der Waals surface area contributed by atoms with Crippen molar-refractivity contribution in [2.45, 2.75) is 24.8 Å². The van der Waals surface area contributed by atoms with Gasteiger partial charge in [-0.15, -0.1) is 0 Å². The maximum Gasteiger partial charge on any atom is 0.282 e. The van der Waals surface area contributed by atoms with Crippen LogP contribution in [-0.4, -0.2) is 18.7 Å². The molecule has 1 saturated carbocycles. The van der Waals surface area contributed by atoms with E-state index in [1.165, 1.54) is 18.4 Å². The first-order valence-corrected chi connectivity index (χ1v) is 6.33. The van der Waals surface area contributed by atoms with Crippen LogP contribution in [0.4, 0.5) is 0 Å². The Bertz CT molecular complexity index is 439. The SMILES string of the molecule is NC1=N[C@@H](C(c2ccc(Cl)cc2)C2CC2)CO1. The lowest BCUT2D eigenvalue weighted by molar-refractivity contribution is 0.290. The van der Waals surface area contributed by atoms with Crippen molar-refractivity contribution in [2.24, 2.45) is 16.6 Å². The number of benzene rings is 1. The molecule has 2 N–H and O–H groups in total. The fourth-order valence-electron chi connectivity index (χ4n) is 2.54. The quantitative estimate of drug-likeness (QED) is 0.896. The third-order valence-corrected chi connectivity index (χ3v) is 3.75. The van der Waals surface area contributed by atoms with Crippen LogP contribution in [0.2, 0.25) is 5.02 Å². The van der Waals surface area contributed by atoms with E-state index in [0.717, 1.165) is 10.9 Å². The first-order valence-electron chi connectivity index (χ1n) is 5.95. The number of nitrogens with two attached hydrogens (primary N) is 1. The zero-order valence-electron chi connectivity index (χ0n) is 9.47. The molecule has 0 saturated heterocycles. The van der Waals surface area contributed by atoms with Crippen LogP contribution in [0.1, 0.15) is 24.3 Å². The molecule has 1 aromatic carbocycles. The Hall–Kier alpha value is -1.22. The highest BCUT2D eigenvalue weighted by Crippen LogP contribution is 2.46. The van der Waals surface area contributed by atoms with Gasteiger partial charge in [0.1, 0.15) is 6.61 Å². The number of hydrogen-bond donors (Lipinski definition) is 1. The van der Waals surface area contributed by atoms with Gasteiger partial charge in [-0.2, -0.15) is 0 Å². The van der Waals surface area contributed by atoms with Crippen LogP contribution in [0.5, 0.6) is 0 Å². The molecule has 90 valence electrons. The van der Waals surface area contributed by atoms with E-state index in [1.54, 1.807) is 0 Å². The number of halogens is 1. The van der Waals surface area contributed by atoms with Gasteiger partial charge in [0.15, 0.2) is 0 Å². The summed E-state index contributed by atoms with van der Waals surface area (Å²) < 4.78 is 5.27. The summed E-state index contributed by atoms with van der Waals surface area (Å²) in [5.74, 6) is 1.15. The number of ether oxygens (including phenoxy) is 1. The van der Waals surface area contributed by atoms with Crippen molar-refractivity contribution in [3.63, 3.8) is 0 Å². The highest BCUT2D eigenvalue weighted by molar-refractivity contribution is 6.30. The number of aliphatic imine (C=N–C) groups is 1. The lowest BCUT2D eigenvalue weighted by atomic mass is 9.88. The van der Waals surface area contributed by atoms with Crippen LogP contribution in [0, 0.1) is 5.92 Å². The van der Waals surface area contributed by atoms with Gasteiger partial charge in [-0.3, -0.25) is 0 Å². The summed E-state index contributed by atoms with van der Waals surface area (Å²) in [6, 6.07) is 8.56. The Morgan fingerprint density at radius 1 is 1.29 bits per heavy atom. The summed E-state index contributed by atoms with van der Waals surface area (Å²) in [7, 11) is 0. The van der Waals surface area contributed by atoms with Gasteiger partial charge in [-0.05, 0) is 36.5 Å². The topological polar surface area (TPSA) is 47.6 Å². The van der Waals surface area contributed by atoms with Crippen molar-refractivity contribution in [3.05, 3.63) is 34.9 Å². The van der Waals surface area contributed by atoms with Crippen LogP contribution in [0.25, 0.3) is 0 Å². The van der Waals surface area contributed by atoms with E-state index in [1.807, 2.05) is 12.1 Å². The van der Waals surface area contributed by atoms with Crippen LogP contribution in [-0.2, 0) is 4.74 Å². The Kier molecular flexibility index (Phi) is 2.71. The highest BCUT2D eigenvalue weighted by Gasteiger charge is 2.39. The van der Waals surface area contributed by atoms with Crippen molar-refractivity contribution >= 4 is 17.6 Å². The van der Waals surface area contributed by atoms with Gasteiger partial charge in [0.25, 0.3) is 6.02 Å². The second kappa shape index (κ2) is 4.22. The van der Waals surface area contributed by atoms with Crippen molar-refractivity contribution < 1.29 is 4.74 Å². The lowest BCUT2D eigenvalue weighted by Crippen LogP contribution is -2.20. The fourth-order valence-corrected chi connectivity index (χ4v) is 2.67. The predicted molar refractivity (Wildman–Crippen MR) is 68.3 cm³/mol. The second-order valence-electron chi connectivity index (χ2n) is 4.76. The molecule has 0 amide bonds. The number of hydrogen-bond acceptors (Lipinski definition) is 3. The molecule has 1 aliphatic heterocycles. The molecule has 17 heavy (non-hydrogen) atoms. The van der Waals surface area contributed by atoms with Crippen molar-refractivity contribution in [2.75, 3.05) is 6.61 Å². The van der Waals surface area contributed by atoms with E-state index in [4.69, 9.17) is 22.1 Å². The average molecular weight is 251 g/mol. The van der Waals surface area contributed by atoms with E-state index < -0.39 is 0 Å². The second-order valence-corrected chi connectivity index (χ2v) is 5.20. The van der Waals surface area contributed by atoms with E-state index in [0.29, 0.717) is 18.5 Å². The van der Waals surface area contributed by atoms with E-state index in [9.17, 15) is 0 Å². The van der Waals surface area contributed by atoms with Crippen molar-refractivity contribution in [1.29, 1.82) is 0 Å². The highest BCUT2D eigenvalue weighted by atomic mass is 35.5. The molecule has 0 radical (unpaired) electrons. The molecular formula is C13H15ClN2O. The minimum absolute atomic E-state index is 0.170. The van der Waals surface area contributed by atoms with E-state index in [-0.39, 0.29) is 6.04 Å². The van der Waals surface area contributed by atoms with Crippen molar-refractivity contribution in [1.82, 2.24) is 0 Å². The molecule has 1 fully saturated rings. The van der Waals surface area contributed by atoms with Gasteiger partial charge in [-0.1, -0.05) is 23.7 Å². The standard InChI is InChI=1S/C13H15ClN2O/c14-10-5-3-9(4-6-10)12(8-1-2-8)11-7-17-13(15)16-11/h3-6,8,11-12H,1-2,7H2,(H2,15,16)/t11-,12?/m1/s1. The summed E-state index contributed by atoms with van der Waals surface area (Å²) >= 11 is 5.92. The molecule has 3 rings (SSSR count). The third kappa shape index (κ3) is 2.25. The van der Waals surface area contributed by atoms with Crippen LogP contribution in [0.3, 0.4) is 0 Å². The fraction of sp³-hybridized carbons (Fsp3) is 0.462. The van der Waals surface area contributed by atoms with Gasteiger partial charge in [0, 0.05) is 10.9 Å². The first-order chi connectivity index (χ1) is 8.24. The summed E-state index contributed by atoms with van der Waals surface area (Å²) in [6.45, 7) is 0.607. The predicted octanol–water partition coefficient (Wildman–Crippen LogP) is 2.55. The molecule has 1 unspecified atom stereocenters. The Morgan fingerprint density at radius 3 is 2.53 bits per heavy atom. The molecule has 0 bridgehead atoms. The average Bonchev–Trinajstić information content (AvgIpc) is 3.05. The first kappa shape index (κ1) is 10.9. The molecule has 0 spiro atoms. The van der Waals surface area contributed by atoms with Crippen LogP contribution in [0.15, 0.2) is 29.3 Å². The van der Waals surface area contributed by atoms with Gasteiger partial charge in [0.05, 0.1) is 6.04 Å². The Balaban J connectivity index is 1.87. The largest absolute Gasteiger partial charge is 0.463 e. The summed E-state index contributed by atoms with van der Waals surface area (Å²) in [6.07, 6.45) is 2.55. The molecule has 0 aromatic heterocycles. The maximum absolute atomic E-state index is 5.92. The number of amidine groups is 1. The zero-order valence-corrected chi connectivity index (χ0v) is 10.2. The minimum Gasteiger partial charge on any atom is -0.463 e. The zero-order chi connectivity index (χ0) is 11.8. The van der Waals surface area contributed by atoms with Crippen molar-refractivity contribution in [3.8, 4) is 0 Å². The van der Waals surface area contributed by atoms with Gasteiger partial charge in [-0.25, -0.2) is 4.99 Å². The smallest absolute Gasteiger partial charge is 0.282 e. The van der Waals surface area contributed by atoms with Gasteiger partial charge >= 0.3 is 0 Å². The number of rotatable bonds is 3. The molecule has 4 heteroatoms. The molecule has 1 aliphatic carbocycles. The van der Waals surface area contributed by atoms with Gasteiger partial charge < -0.3 is 10.5 Å². The lowest BCUT2D eigenvalue weighted by Gasteiger charge is -2.20. The molecule has 1 aromatic rings. The minimum atomic E-state index is 0.170. The molecule has 2 atom stereocenters. The van der Waals surface area contributed by atoms with Crippen LogP contribution >= 0.6 is 11.6 Å². The summed E-state index contributed by atoms with van der Waals surface area (Å²) in [5, 5.41) is 0.772.